The molecule has 0 aromatic rings. The molecule has 0 aromatic heterocycles. The van der Waals surface area contributed by atoms with Crippen LogP contribution in [-0.2, 0) is 4.79 Å². The van der Waals surface area contributed by atoms with Gasteiger partial charge in [0.15, 0.2) is 0 Å². The van der Waals surface area contributed by atoms with Gasteiger partial charge >= 0.3 is 6.41 Å². The van der Waals surface area contributed by atoms with Crippen molar-refractivity contribution in [2.45, 2.75) is 103 Å². The minimum atomic E-state index is 0.793. The third-order valence-electron chi connectivity index (χ3n) is 3.98. The van der Waals surface area contributed by atoms with E-state index in [0.29, 0.717) is 0 Å². The Kier molecular flexibility index (Phi) is 18.0. The van der Waals surface area contributed by atoms with Gasteiger partial charge in [0.2, 0.25) is 0 Å². The molecule has 20 heavy (non-hydrogen) atoms. The molecule has 0 aliphatic carbocycles. The molecule has 0 aliphatic heterocycles. The Morgan fingerprint density at radius 3 is 1.30 bits per heavy atom. The molecule has 0 unspecified atom stereocenters. The highest BCUT2D eigenvalue weighted by Gasteiger charge is 1.94. The molecule has 0 saturated carbocycles. The molecule has 0 bridgehead atoms. The summed E-state index contributed by atoms with van der Waals surface area (Å²) < 4.78 is 0. The van der Waals surface area contributed by atoms with Crippen molar-refractivity contribution in [1.29, 1.82) is 0 Å². The molecule has 0 rings (SSSR count). The van der Waals surface area contributed by atoms with E-state index in [1.54, 1.807) is 6.41 Å². The molecule has 119 valence electrons. The van der Waals surface area contributed by atoms with Crippen LogP contribution in [0.1, 0.15) is 103 Å². The highest BCUT2D eigenvalue weighted by molar-refractivity contribution is 5.46. The van der Waals surface area contributed by atoms with Crippen molar-refractivity contribution in [3.63, 3.8) is 0 Å². The van der Waals surface area contributed by atoms with Gasteiger partial charge in [0, 0.05) is 6.54 Å². The summed E-state index contributed by atoms with van der Waals surface area (Å²) in [6.07, 6.45) is 22.4. The number of nitrogens with one attached hydrogen (secondary N) is 1. The summed E-state index contributed by atoms with van der Waals surface area (Å²) in [5.74, 6) is 0. The van der Waals surface area contributed by atoms with Gasteiger partial charge in [0.1, 0.15) is 0 Å². The van der Waals surface area contributed by atoms with Crippen LogP contribution in [0.15, 0.2) is 0 Å². The Hall–Kier alpha value is -0.530. The first-order valence-electron chi connectivity index (χ1n) is 9.01. The Labute approximate surface area is 127 Å². The topological polar surface area (TPSA) is 29.1 Å². The number of hydrogen-bond donors (Lipinski definition) is 1. The first kappa shape index (κ1) is 19.5. The average molecular weight is 282 g/mol. The maximum absolute atomic E-state index is 9.92. The van der Waals surface area contributed by atoms with Crippen molar-refractivity contribution >= 4 is 6.41 Å². The highest BCUT2D eigenvalue weighted by atomic mass is 16.1. The van der Waals surface area contributed by atoms with Gasteiger partial charge in [-0.25, -0.2) is 0 Å². The van der Waals surface area contributed by atoms with Crippen molar-refractivity contribution in [2.75, 3.05) is 6.54 Å². The van der Waals surface area contributed by atoms with Crippen LogP contribution in [0, 0.1) is 0 Å². The fourth-order valence-corrected chi connectivity index (χ4v) is 2.64. The lowest BCUT2D eigenvalue weighted by molar-refractivity contribution is 0.525. The maximum atomic E-state index is 9.92. The van der Waals surface area contributed by atoms with Gasteiger partial charge in [0.05, 0.1) is 0 Å². The van der Waals surface area contributed by atoms with E-state index >= 15 is 0 Å². The lowest BCUT2D eigenvalue weighted by Gasteiger charge is -2.03. The fourth-order valence-electron chi connectivity index (χ4n) is 2.64. The van der Waals surface area contributed by atoms with Crippen molar-refractivity contribution in [2.24, 2.45) is 0 Å². The minimum absolute atomic E-state index is 0.793. The van der Waals surface area contributed by atoms with Crippen LogP contribution in [-0.4, -0.2) is 13.0 Å². The summed E-state index contributed by atoms with van der Waals surface area (Å²) in [5, 5.41) is 2.59. The second-order valence-corrected chi connectivity index (χ2v) is 5.98. The quantitative estimate of drug-likeness (QED) is 0.276. The van der Waals surface area contributed by atoms with Crippen molar-refractivity contribution < 1.29 is 4.79 Å². The molecule has 0 spiro atoms. The summed E-state index contributed by atoms with van der Waals surface area (Å²) in [6, 6.07) is 0. The largest absolute Gasteiger partial charge is 0.348 e. The Bertz CT molecular complexity index is 182. The Morgan fingerprint density at radius 1 is 0.600 bits per heavy atom. The van der Waals surface area contributed by atoms with E-state index in [1.807, 2.05) is 0 Å². The second kappa shape index (κ2) is 18.5. The van der Waals surface area contributed by atoms with E-state index in [-0.39, 0.29) is 0 Å². The van der Waals surface area contributed by atoms with Crippen molar-refractivity contribution in [3.05, 3.63) is 0 Å². The molecule has 2 heteroatoms. The van der Waals surface area contributed by atoms with Gasteiger partial charge in [-0.3, -0.25) is 4.79 Å². The molecule has 0 heterocycles. The summed E-state index contributed by atoms with van der Waals surface area (Å²) >= 11 is 0. The van der Waals surface area contributed by atoms with Gasteiger partial charge in [-0.15, -0.1) is 0 Å². The molecule has 2 nitrogen and oxygen atoms in total. The fraction of sp³-hybridized carbons (Fsp3) is 0.944. The van der Waals surface area contributed by atoms with Crippen LogP contribution in [0.25, 0.3) is 0 Å². The van der Waals surface area contributed by atoms with Crippen LogP contribution in [0.4, 0.5) is 0 Å². The summed E-state index contributed by atoms with van der Waals surface area (Å²) in [7, 11) is 0. The smallest absolute Gasteiger partial charge is 0.309 e. The van der Waals surface area contributed by atoms with Crippen LogP contribution in [0.5, 0.6) is 0 Å². The van der Waals surface area contributed by atoms with E-state index in [9.17, 15) is 4.79 Å². The Morgan fingerprint density at radius 2 is 0.950 bits per heavy atom. The Balaban J connectivity index is 2.90. The van der Waals surface area contributed by atoms with E-state index in [2.05, 4.69) is 12.2 Å². The molecule has 0 fully saturated rings. The number of carbonyl (C=O) groups excluding carboxylic acids is 1. The number of unbranched alkanes of at least 4 members (excludes halogenated alkanes) is 14. The van der Waals surface area contributed by atoms with Gasteiger partial charge in [-0.1, -0.05) is 96.8 Å². The van der Waals surface area contributed by atoms with Gasteiger partial charge in [-0.2, -0.15) is 0 Å². The third-order valence-corrected chi connectivity index (χ3v) is 3.98. The molecule has 1 N–H and O–H groups in total. The maximum Gasteiger partial charge on any atom is 0.309 e. The predicted molar refractivity (Wildman–Crippen MR) is 88.6 cm³/mol. The zero-order valence-electron chi connectivity index (χ0n) is 13.7. The van der Waals surface area contributed by atoms with E-state index < -0.39 is 0 Å². The summed E-state index contributed by atoms with van der Waals surface area (Å²) in [5.41, 5.74) is 0. The zero-order valence-corrected chi connectivity index (χ0v) is 13.7. The SMILES string of the molecule is CCCCCCCCCCCCCCCCCN[C]=O. The zero-order chi connectivity index (χ0) is 14.7. The molecule has 0 aliphatic rings. The predicted octanol–water partition coefficient (Wildman–Crippen LogP) is 5.51. The molecule has 1 radical (unpaired) electrons. The van der Waals surface area contributed by atoms with Gasteiger partial charge in [0.25, 0.3) is 0 Å². The monoisotopic (exact) mass is 282 g/mol. The van der Waals surface area contributed by atoms with Crippen LogP contribution < -0.4 is 5.32 Å². The number of hydrogen-bond acceptors (Lipinski definition) is 1. The molecule has 0 aromatic carbocycles. The summed E-state index contributed by atoms with van der Waals surface area (Å²) in [4.78, 5) is 9.92. The van der Waals surface area contributed by atoms with Crippen LogP contribution >= 0.6 is 0 Å². The van der Waals surface area contributed by atoms with Crippen LogP contribution in [0.3, 0.4) is 0 Å². The number of rotatable bonds is 17. The average Bonchev–Trinajstić information content (AvgIpc) is 2.47. The second-order valence-electron chi connectivity index (χ2n) is 5.98. The molecular formula is C18H36NO. The van der Waals surface area contributed by atoms with Gasteiger partial charge < -0.3 is 5.32 Å². The van der Waals surface area contributed by atoms with Crippen molar-refractivity contribution in [3.8, 4) is 0 Å². The lowest BCUT2D eigenvalue weighted by Crippen LogP contribution is -2.11. The van der Waals surface area contributed by atoms with Crippen molar-refractivity contribution in [1.82, 2.24) is 5.32 Å². The standard InChI is InChI=1S/C18H36NO/c1-2-3-4-5-6-7-8-9-10-11-12-13-14-15-16-17-19-18-20/h2-17H2,1H3,(H,19,20). The van der Waals surface area contributed by atoms with E-state index in [4.69, 9.17) is 0 Å². The minimum Gasteiger partial charge on any atom is -0.348 e. The molecule has 1 amide bonds. The van der Waals surface area contributed by atoms with E-state index in [1.165, 1.54) is 89.9 Å². The first-order valence-corrected chi connectivity index (χ1v) is 9.01. The highest BCUT2D eigenvalue weighted by Crippen LogP contribution is 2.13. The molecule has 0 saturated heterocycles. The lowest BCUT2D eigenvalue weighted by atomic mass is 10.0. The normalized spacial score (nSPS) is 10.7. The number of amides is 1. The van der Waals surface area contributed by atoms with Gasteiger partial charge in [-0.05, 0) is 6.42 Å². The first-order chi connectivity index (χ1) is 9.91. The summed E-state index contributed by atoms with van der Waals surface area (Å²) in [6.45, 7) is 3.07. The van der Waals surface area contributed by atoms with E-state index in [0.717, 1.165) is 13.0 Å². The molecule has 0 atom stereocenters. The van der Waals surface area contributed by atoms with Crippen LogP contribution in [0.2, 0.25) is 0 Å². The molecular weight excluding hydrogens is 246 g/mol. The third kappa shape index (κ3) is 17.5.